The Morgan fingerprint density at radius 3 is 1.86 bits per heavy atom. The second-order valence-corrected chi connectivity index (χ2v) is 10.8. The Morgan fingerprint density at radius 2 is 1.36 bits per heavy atom. The summed E-state index contributed by atoms with van der Waals surface area (Å²) in [5.74, 6) is -0.102. The van der Waals surface area contributed by atoms with E-state index in [1.807, 2.05) is 4.90 Å². The van der Waals surface area contributed by atoms with E-state index in [2.05, 4.69) is 82.4 Å². The number of rotatable bonds is 5. The number of likely N-dealkylation sites (tertiary alicyclic amines) is 2. The fourth-order valence-electron chi connectivity index (χ4n) is 5.69. The minimum Gasteiger partial charge on any atom is -0.338 e. The second kappa shape index (κ2) is 10.8. The number of carbonyl (C=O) groups is 1. The Bertz CT molecular complexity index is 1110. The lowest BCUT2D eigenvalue weighted by Crippen LogP contribution is -2.57. The number of carbonyl (C=O) groups excluding carboxylic acids is 1. The first-order chi connectivity index (χ1) is 17.5. The van der Waals surface area contributed by atoms with Crippen LogP contribution in [-0.2, 0) is 0 Å². The molecule has 0 saturated carbocycles. The smallest absolute Gasteiger partial charge is 0.257 e. The number of para-hydroxylation sites is 2. The molecule has 2 aromatic carbocycles. The molecular weight excluding hydrogens is 491 g/mol. The summed E-state index contributed by atoms with van der Waals surface area (Å²) < 4.78 is 0. The summed E-state index contributed by atoms with van der Waals surface area (Å²) in [5, 5.41) is 0.619. The van der Waals surface area contributed by atoms with Gasteiger partial charge in [-0.25, -0.2) is 0 Å². The van der Waals surface area contributed by atoms with Gasteiger partial charge < -0.3 is 9.80 Å². The molecule has 0 N–H and O–H groups in total. The number of nitrogens with zero attached hydrogens (tertiary/aromatic N) is 4. The van der Waals surface area contributed by atoms with E-state index in [0.717, 1.165) is 38.8 Å². The molecule has 0 unspecified atom stereocenters. The van der Waals surface area contributed by atoms with Crippen molar-refractivity contribution in [3.05, 3.63) is 88.7 Å². The topological polar surface area (TPSA) is 39.7 Å². The SMILES string of the molecule is CC1(N2CCC(N(c3ccccc3)c3ccccc3)CC2)CCN(C(=O)c2c(Cl)cncc2Cl)CC1. The van der Waals surface area contributed by atoms with Crippen molar-refractivity contribution in [3.8, 4) is 0 Å². The van der Waals surface area contributed by atoms with Crippen molar-refractivity contribution in [2.75, 3.05) is 31.1 Å². The number of pyridine rings is 1. The van der Waals surface area contributed by atoms with Crippen molar-refractivity contribution in [1.82, 2.24) is 14.8 Å². The molecule has 2 fully saturated rings. The molecule has 0 atom stereocenters. The lowest BCUT2D eigenvalue weighted by atomic mass is 9.85. The molecule has 0 radical (unpaired) electrons. The Morgan fingerprint density at radius 1 is 0.861 bits per heavy atom. The molecule has 0 bridgehead atoms. The predicted octanol–water partition coefficient (Wildman–Crippen LogP) is 6.69. The molecule has 5 nitrogen and oxygen atoms in total. The fourth-order valence-corrected chi connectivity index (χ4v) is 6.22. The van der Waals surface area contributed by atoms with Crippen LogP contribution in [0.3, 0.4) is 0 Å². The van der Waals surface area contributed by atoms with E-state index >= 15 is 0 Å². The monoisotopic (exact) mass is 522 g/mol. The van der Waals surface area contributed by atoms with Crippen LogP contribution in [0.25, 0.3) is 0 Å². The van der Waals surface area contributed by atoms with Crippen LogP contribution in [0.15, 0.2) is 73.1 Å². The van der Waals surface area contributed by atoms with Gasteiger partial charge in [-0.3, -0.25) is 14.7 Å². The Labute approximate surface area is 223 Å². The maximum Gasteiger partial charge on any atom is 0.257 e. The molecule has 2 aliphatic heterocycles. The van der Waals surface area contributed by atoms with Gasteiger partial charge in [-0.05, 0) is 56.9 Å². The van der Waals surface area contributed by atoms with E-state index in [0.29, 0.717) is 34.7 Å². The molecular formula is C29H32Cl2N4O. The van der Waals surface area contributed by atoms with Gasteiger partial charge in [0.05, 0.1) is 15.6 Å². The normalized spacial score (nSPS) is 18.7. The van der Waals surface area contributed by atoms with Crippen LogP contribution in [-0.4, -0.2) is 58.5 Å². The molecule has 36 heavy (non-hydrogen) atoms. The van der Waals surface area contributed by atoms with Crippen LogP contribution in [0.5, 0.6) is 0 Å². The standard InChI is InChI=1S/C29H32Cl2N4O/c1-29(14-18-33(19-15-29)28(36)27-25(30)20-32-21-26(27)31)34-16-12-24(13-17-34)35(22-8-4-2-5-9-22)23-10-6-3-7-11-23/h2-11,20-21,24H,12-19H2,1H3. The maximum absolute atomic E-state index is 13.1. The van der Waals surface area contributed by atoms with Crippen molar-refractivity contribution in [2.24, 2.45) is 0 Å². The van der Waals surface area contributed by atoms with Gasteiger partial charge in [-0.15, -0.1) is 0 Å². The molecule has 1 amide bonds. The van der Waals surface area contributed by atoms with E-state index in [4.69, 9.17) is 23.2 Å². The van der Waals surface area contributed by atoms with Crippen molar-refractivity contribution in [3.63, 3.8) is 0 Å². The van der Waals surface area contributed by atoms with Crippen LogP contribution >= 0.6 is 23.2 Å². The number of benzene rings is 2. The van der Waals surface area contributed by atoms with Gasteiger partial charge in [0.25, 0.3) is 5.91 Å². The van der Waals surface area contributed by atoms with E-state index in [1.54, 1.807) is 0 Å². The number of aromatic nitrogens is 1. The molecule has 2 aliphatic rings. The van der Waals surface area contributed by atoms with Gasteiger partial charge in [0.1, 0.15) is 0 Å². The minimum absolute atomic E-state index is 0.0813. The third-order valence-corrected chi connectivity index (χ3v) is 8.43. The quantitative estimate of drug-likeness (QED) is 0.374. The van der Waals surface area contributed by atoms with Crippen LogP contribution in [0.2, 0.25) is 10.0 Å². The van der Waals surface area contributed by atoms with Crippen LogP contribution in [0.1, 0.15) is 43.0 Å². The molecule has 0 spiro atoms. The van der Waals surface area contributed by atoms with Crippen LogP contribution < -0.4 is 4.90 Å². The summed E-state index contributed by atoms with van der Waals surface area (Å²) in [5.41, 5.74) is 2.93. The van der Waals surface area contributed by atoms with E-state index in [1.165, 1.54) is 23.8 Å². The first-order valence-corrected chi connectivity index (χ1v) is 13.4. The highest BCUT2D eigenvalue weighted by atomic mass is 35.5. The summed E-state index contributed by atoms with van der Waals surface area (Å²) in [4.78, 5) is 24.1. The Hall–Kier alpha value is -2.60. The highest BCUT2D eigenvalue weighted by molar-refractivity contribution is 6.39. The fraction of sp³-hybridized carbons (Fsp3) is 0.379. The van der Waals surface area contributed by atoms with Crippen molar-refractivity contribution >= 4 is 40.5 Å². The predicted molar refractivity (Wildman–Crippen MR) is 147 cm³/mol. The zero-order chi connectivity index (χ0) is 25.1. The number of anilines is 2. The van der Waals surface area contributed by atoms with Crippen molar-refractivity contribution in [2.45, 2.75) is 44.2 Å². The van der Waals surface area contributed by atoms with Crippen LogP contribution in [0.4, 0.5) is 11.4 Å². The number of hydrogen-bond acceptors (Lipinski definition) is 4. The molecule has 3 aromatic rings. The largest absolute Gasteiger partial charge is 0.338 e. The third kappa shape index (κ3) is 5.10. The summed E-state index contributed by atoms with van der Waals surface area (Å²) in [7, 11) is 0. The number of piperidine rings is 2. The van der Waals surface area contributed by atoms with E-state index in [-0.39, 0.29) is 11.4 Å². The zero-order valence-electron chi connectivity index (χ0n) is 20.6. The molecule has 188 valence electrons. The zero-order valence-corrected chi connectivity index (χ0v) is 22.1. The summed E-state index contributed by atoms with van der Waals surface area (Å²) >= 11 is 12.5. The molecule has 3 heterocycles. The van der Waals surface area contributed by atoms with E-state index < -0.39 is 0 Å². The lowest BCUT2D eigenvalue weighted by Gasteiger charge is -2.50. The molecule has 7 heteroatoms. The third-order valence-electron chi connectivity index (χ3n) is 7.86. The van der Waals surface area contributed by atoms with Crippen LogP contribution in [0, 0.1) is 0 Å². The summed E-state index contributed by atoms with van der Waals surface area (Å²) in [6.45, 7) is 5.85. The molecule has 1 aromatic heterocycles. The first-order valence-electron chi connectivity index (χ1n) is 12.7. The van der Waals surface area contributed by atoms with Crippen molar-refractivity contribution in [1.29, 1.82) is 0 Å². The average Bonchev–Trinajstić information content (AvgIpc) is 2.91. The van der Waals surface area contributed by atoms with Crippen molar-refractivity contribution < 1.29 is 4.79 Å². The molecule has 0 aliphatic carbocycles. The highest BCUT2D eigenvalue weighted by Gasteiger charge is 2.40. The summed E-state index contributed by atoms with van der Waals surface area (Å²) in [6.07, 6.45) is 7.03. The Kier molecular flexibility index (Phi) is 7.52. The van der Waals surface area contributed by atoms with Gasteiger partial charge >= 0.3 is 0 Å². The molecule has 2 saturated heterocycles. The molecule has 5 rings (SSSR count). The van der Waals surface area contributed by atoms with E-state index in [9.17, 15) is 4.79 Å². The average molecular weight is 524 g/mol. The maximum atomic E-state index is 13.1. The van der Waals surface area contributed by atoms with Gasteiger partial charge in [0.2, 0.25) is 0 Å². The van der Waals surface area contributed by atoms with Gasteiger partial charge in [0.15, 0.2) is 0 Å². The lowest BCUT2D eigenvalue weighted by molar-refractivity contribution is 0.0177. The number of amides is 1. The van der Waals surface area contributed by atoms with Gasteiger partial charge in [-0.2, -0.15) is 0 Å². The van der Waals surface area contributed by atoms with Gasteiger partial charge in [-0.1, -0.05) is 59.6 Å². The highest BCUT2D eigenvalue weighted by Crippen LogP contribution is 2.36. The number of hydrogen-bond donors (Lipinski definition) is 0. The van der Waals surface area contributed by atoms with Gasteiger partial charge in [0, 0.05) is 61.5 Å². The summed E-state index contributed by atoms with van der Waals surface area (Å²) in [6, 6.07) is 21.9. The number of halogens is 2. The second-order valence-electron chi connectivity index (χ2n) is 10.0. The first kappa shape index (κ1) is 25.1. The Balaban J connectivity index is 1.24. The minimum atomic E-state index is -0.102.